The molecule has 35 heavy (non-hydrogen) atoms. The second-order valence-electron chi connectivity index (χ2n) is 11.1. The zero-order valence-corrected chi connectivity index (χ0v) is 26.1. The minimum atomic E-state index is -1.37. The molecule has 0 amide bonds. The van der Waals surface area contributed by atoms with Gasteiger partial charge in [0.05, 0.1) is 0 Å². The summed E-state index contributed by atoms with van der Waals surface area (Å²) in [5.74, 6) is 2.49. The van der Waals surface area contributed by atoms with Crippen molar-refractivity contribution >= 4 is 14.6 Å². The first-order chi connectivity index (χ1) is 17.2. The molecule has 0 heterocycles. The molecule has 0 saturated heterocycles. The molecule has 0 aliphatic rings. The number of hydrogen-bond donors (Lipinski definition) is 0. The molecule has 0 bridgehead atoms. The van der Waals surface area contributed by atoms with Crippen LogP contribution in [-0.4, -0.2) is 18.5 Å². The summed E-state index contributed by atoms with van der Waals surface area (Å²) in [4.78, 5) is 0. The van der Waals surface area contributed by atoms with Gasteiger partial charge >= 0.3 is 224 Å². The SMILES string of the molecule is C=CP(Cc1ccccc1)[PH](CCCCCCCC)(CCCCCCCC)CCCCCCCC. The molecule has 0 spiro atoms. The first-order valence-electron chi connectivity index (χ1n) is 15.7. The molecule has 204 valence electrons. The Kier molecular flexibility index (Phi) is 21.6. The van der Waals surface area contributed by atoms with Gasteiger partial charge in [0.1, 0.15) is 0 Å². The third-order valence-corrected chi connectivity index (χ3v) is 20.9. The molecule has 1 rings (SSSR count). The molecule has 0 saturated carbocycles. The number of benzene rings is 1. The molecule has 2 heteroatoms. The molecular weight excluding hydrogens is 458 g/mol. The fraction of sp³-hybridized carbons (Fsp3) is 0.758. The van der Waals surface area contributed by atoms with Crippen LogP contribution in [-0.2, 0) is 6.16 Å². The first-order valence-corrected chi connectivity index (χ1v) is 20.7. The van der Waals surface area contributed by atoms with Crippen molar-refractivity contribution in [2.75, 3.05) is 18.5 Å². The van der Waals surface area contributed by atoms with Gasteiger partial charge in [0.15, 0.2) is 0 Å². The summed E-state index contributed by atoms with van der Waals surface area (Å²) in [5.41, 5.74) is 1.56. The molecule has 0 fully saturated rings. The zero-order chi connectivity index (χ0) is 25.5. The van der Waals surface area contributed by atoms with Gasteiger partial charge in [-0.05, 0) is 0 Å². The Bertz CT molecular complexity index is 541. The van der Waals surface area contributed by atoms with Gasteiger partial charge in [-0.25, -0.2) is 0 Å². The molecule has 0 aromatic heterocycles. The normalized spacial score (nSPS) is 13.1. The molecule has 1 aromatic rings. The Morgan fingerprint density at radius 3 is 1.31 bits per heavy atom. The monoisotopic (exact) mass is 520 g/mol. The maximum absolute atomic E-state index is 4.49. The van der Waals surface area contributed by atoms with Gasteiger partial charge in [0.2, 0.25) is 0 Å². The van der Waals surface area contributed by atoms with Crippen LogP contribution in [0.5, 0.6) is 0 Å². The van der Waals surface area contributed by atoms with Crippen molar-refractivity contribution in [1.29, 1.82) is 0 Å². The Morgan fingerprint density at radius 1 is 0.571 bits per heavy atom. The molecule has 0 aliphatic carbocycles. The molecule has 1 atom stereocenters. The fourth-order valence-corrected chi connectivity index (χ4v) is 18.2. The van der Waals surface area contributed by atoms with E-state index >= 15 is 0 Å². The van der Waals surface area contributed by atoms with E-state index in [0.717, 1.165) is 0 Å². The molecule has 0 radical (unpaired) electrons. The van der Waals surface area contributed by atoms with Crippen LogP contribution < -0.4 is 0 Å². The first kappa shape index (κ1) is 32.8. The Hall–Kier alpha value is -0.180. The minimum absolute atomic E-state index is 0.0624. The second-order valence-corrected chi connectivity index (χ2v) is 21.2. The standard InChI is InChI=1S/C33H62P2/c1-5-9-12-15-18-24-29-35(30-25-19-16-13-10-6-2,31-26-20-17-14-11-7-3)34(8-4)32-33-27-22-21-23-28-33/h8,21-23,27-28,35H,4-7,9-20,24-26,29-32H2,1-3H3. The Balaban J connectivity index is 2.91. The quantitative estimate of drug-likeness (QED) is 0.0888. The van der Waals surface area contributed by atoms with Crippen LogP contribution in [0.15, 0.2) is 42.7 Å². The zero-order valence-electron chi connectivity index (χ0n) is 24.2. The summed E-state index contributed by atoms with van der Waals surface area (Å²) in [5, 5.41) is 0. The third kappa shape index (κ3) is 15.6. The van der Waals surface area contributed by atoms with Crippen LogP contribution in [0.4, 0.5) is 0 Å². The molecule has 1 aromatic carbocycles. The van der Waals surface area contributed by atoms with Gasteiger partial charge in [-0.15, -0.1) is 0 Å². The second kappa shape index (κ2) is 23.0. The van der Waals surface area contributed by atoms with Crippen LogP contribution in [0.25, 0.3) is 0 Å². The van der Waals surface area contributed by atoms with Crippen molar-refractivity contribution < 1.29 is 0 Å². The van der Waals surface area contributed by atoms with Crippen molar-refractivity contribution in [3.63, 3.8) is 0 Å². The van der Waals surface area contributed by atoms with E-state index in [9.17, 15) is 0 Å². The molecule has 0 aliphatic heterocycles. The predicted molar refractivity (Wildman–Crippen MR) is 170 cm³/mol. The van der Waals surface area contributed by atoms with Crippen molar-refractivity contribution in [3.8, 4) is 0 Å². The van der Waals surface area contributed by atoms with Gasteiger partial charge in [-0.1, -0.05) is 0 Å². The Labute approximate surface area is 223 Å². The van der Waals surface area contributed by atoms with Crippen molar-refractivity contribution in [2.45, 2.75) is 143 Å². The predicted octanol–water partition coefficient (Wildman–Crippen LogP) is 12.6. The van der Waals surface area contributed by atoms with Crippen molar-refractivity contribution in [1.82, 2.24) is 0 Å². The van der Waals surface area contributed by atoms with E-state index in [1.807, 2.05) is 0 Å². The van der Waals surface area contributed by atoms with Gasteiger partial charge in [0.25, 0.3) is 0 Å². The van der Waals surface area contributed by atoms with Crippen LogP contribution >= 0.6 is 14.6 Å². The average Bonchev–Trinajstić information content (AvgIpc) is 2.89. The average molecular weight is 521 g/mol. The van der Waals surface area contributed by atoms with E-state index in [2.05, 4.69) is 63.5 Å². The number of unbranched alkanes of at least 4 members (excludes halogenated alkanes) is 15. The summed E-state index contributed by atoms with van der Waals surface area (Å²) in [6.45, 7) is 10.1. The van der Waals surface area contributed by atoms with Gasteiger partial charge < -0.3 is 0 Å². The molecule has 0 nitrogen and oxygen atoms in total. The van der Waals surface area contributed by atoms with Crippen LogP contribution in [0, 0.1) is 0 Å². The van der Waals surface area contributed by atoms with Crippen molar-refractivity contribution in [3.05, 3.63) is 48.3 Å². The summed E-state index contributed by atoms with van der Waals surface area (Å²) in [6.07, 6.45) is 31.9. The summed E-state index contributed by atoms with van der Waals surface area (Å²) >= 11 is 0. The Morgan fingerprint density at radius 2 is 0.943 bits per heavy atom. The van der Waals surface area contributed by atoms with E-state index in [1.54, 1.807) is 24.0 Å². The van der Waals surface area contributed by atoms with E-state index < -0.39 is 6.95 Å². The van der Waals surface area contributed by atoms with Gasteiger partial charge in [0, 0.05) is 0 Å². The maximum atomic E-state index is 4.49. The molecule has 0 N–H and O–H groups in total. The number of rotatable bonds is 25. The summed E-state index contributed by atoms with van der Waals surface area (Å²) in [7, 11) is -0.0624. The third-order valence-electron chi connectivity index (χ3n) is 8.01. The van der Waals surface area contributed by atoms with Crippen LogP contribution in [0.1, 0.15) is 142 Å². The van der Waals surface area contributed by atoms with E-state index in [4.69, 9.17) is 0 Å². The van der Waals surface area contributed by atoms with E-state index in [0.29, 0.717) is 0 Å². The van der Waals surface area contributed by atoms with Crippen LogP contribution in [0.2, 0.25) is 0 Å². The summed E-state index contributed by atoms with van der Waals surface area (Å²) < 4.78 is 0. The summed E-state index contributed by atoms with van der Waals surface area (Å²) in [6, 6.07) is 11.4. The van der Waals surface area contributed by atoms with Gasteiger partial charge in [-0.2, -0.15) is 0 Å². The molecular formula is C33H62P2. The van der Waals surface area contributed by atoms with Crippen LogP contribution in [0.3, 0.4) is 0 Å². The molecule has 1 unspecified atom stereocenters. The van der Waals surface area contributed by atoms with E-state index in [1.165, 1.54) is 122 Å². The van der Waals surface area contributed by atoms with E-state index in [-0.39, 0.29) is 7.61 Å². The van der Waals surface area contributed by atoms with Crippen molar-refractivity contribution in [2.24, 2.45) is 0 Å². The number of hydrogen-bond acceptors (Lipinski definition) is 0. The fourth-order valence-electron chi connectivity index (χ4n) is 5.72. The van der Waals surface area contributed by atoms with Gasteiger partial charge in [-0.3, -0.25) is 0 Å². The topological polar surface area (TPSA) is 0 Å².